The van der Waals surface area contributed by atoms with Gasteiger partial charge in [-0.15, -0.1) is 0 Å². The number of hydrogen-bond acceptors (Lipinski definition) is 5. The number of likely N-dealkylation sites (tertiary alicyclic amines) is 1. The Labute approximate surface area is 184 Å². The fraction of sp³-hybridized carbons (Fsp3) is 0.480. The topological polar surface area (TPSA) is 60.0 Å². The van der Waals surface area contributed by atoms with Gasteiger partial charge in [-0.05, 0) is 53.6 Å². The van der Waals surface area contributed by atoms with Crippen molar-refractivity contribution >= 4 is 5.91 Å². The Morgan fingerprint density at radius 1 is 1.03 bits per heavy atom. The number of nitrogens with zero attached hydrogens (tertiary/aromatic N) is 1. The van der Waals surface area contributed by atoms with E-state index in [1.165, 1.54) is 18.7 Å². The van der Waals surface area contributed by atoms with Gasteiger partial charge in [-0.25, -0.2) is 0 Å². The molecule has 1 fully saturated rings. The van der Waals surface area contributed by atoms with Crippen molar-refractivity contribution in [1.29, 1.82) is 0 Å². The molecular weight excluding hydrogens is 392 g/mol. The van der Waals surface area contributed by atoms with Gasteiger partial charge in [0.1, 0.15) is 12.4 Å². The summed E-state index contributed by atoms with van der Waals surface area (Å²) in [6.07, 6.45) is 1.12. The first kappa shape index (κ1) is 21.5. The van der Waals surface area contributed by atoms with Gasteiger partial charge in [0.05, 0.1) is 6.42 Å². The zero-order valence-corrected chi connectivity index (χ0v) is 18.4. The summed E-state index contributed by atoms with van der Waals surface area (Å²) >= 11 is 0. The lowest BCUT2D eigenvalue weighted by Gasteiger charge is -2.16. The van der Waals surface area contributed by atoms with Crippen molar-refractivity contribution in [3.05, 3.63) is 53.6 Å². The van der Waals surface area contributed by atoms with E-state index >= 15 is 0 Å². The monoisotopic (exact) mass is 424 g/mol. The quantitative estimate of drug-likeness (QED) is 0.669. The van der Waals surface area contributed by atoms with Gasteiger partial charge in [0.2, 0.25) is 12.7 Å². The van der Waals surface area contributed by atoms with Gasteiger partial charge in [0.25, 0.3) is 0 Å². The third-order valence-electron chi connectivity index (χ3n) is 6.20. The lowest BCUT2D eigenvalue weighted by Crippen LogP contribution is -2.27. The maximum Gasteiger partial charge on any atom is 0.231 e. The zero-order valence-electron chi connectivity index (χ0n) is 18.4. The van der Waals surface area contributed by atoms with Gasteiger partial charge >= 0.3 is 0 Å². The average molecular weight is 425 g/mol. The second kappa shape index (κ2) is 10.1. The Bertz CT molecular complexity index is 874. The minimum absolute atomic E-state index is 0.00404. The number of ether oxygens (including phenoxy) is 3. The van der Waals surface area contributed by atoms with Crippen LogP contribution in [-0.2, 0) is 17.6 Å². The summed E-state index contributed by atoms with van der Waals surface area (Å²) < 4.78 is 16.6. The molecule has 0 radical (unpaired) electrons. The molecule has 2 aliphatic rings. The molecular formula is C25H32N2O4. The smallest absolute Gasteiger partial charge is 0.231 e. The molecule has 2 heterocycles. The Hall–Kier alpha value is -2.73. The number of rotatable bonds is 9. The summed E-state index contributed by atoms with van der Waals surface area (Å²) in [7, 11) is 0. The summed E-state index contributed by atoms with van der Waals surface area (Å²) in [5.74, 6) is 3.89. The van der Waals surface area contributed by atoms with E-state index in [0.717, 1.165) is 41.9 Å². The summed E-state index contributed by atoms with van der Waals surface area (Å²) in [5.41, 5.74) is 2.10. The van der Waals surface area contributed by atoms with Crippen LogP contribution >= 0.6 is 0 Å². The molecule has 1 amide bonds. The van der Waals surface area contributed by atoms with Crippen LogP contribution in [0.4, 0.5) is 0 Å². The second-order valence-corrected chi connectivity index (χ2v) is 8.67. The first-order valence-electron chi connectivity index (χ1n) is 11.2. The van der Waals surface area contributed by atoms with E-state index in [4.69, 9.17) is 14.2 Å². The predicted molar refractivity (Wildman–Crippen MR) is 120 cm³/mol. The van der Waals surface area contributed by atoms with Crippen molar-refractivity contribution in [2.45, 2.75) is 26.7 Å². The highest BCUT2D eigenvalue weighted by atomic mass is 16.7. The molecule has 6 heteroatoms. The number of carbonyl (C=O) groups excluding carboxylic acids is 1. The molecule has 2 atom stereocenters. The Morgan fingerprint density at radius 2 is 1.74 bits per heavy atom. The van der Waals surface area contributed by atoms with Crippen LogP contribution in [0.3, 0.4) is 0 Å². The van der Waals surface area contributed by atoms with Crippen LogP contribution < -0.4 is 19.5 Å². The van der Waals surface area contributed by atoms with E-state index in [-0.39, 0.29) is 12.7 Å². The van der Waals surface area contributed by atoms with Gasteiger partial charge in [-0.2, -0.15) is 0 Å². The maximum atomic E-state index is 12.2. The van der Waals surface area contributed by atoms with Crippen molar-refractivity contribution in [1.82, 2.24) is 10.2 Å². The number of fused-ring (bicyclic) bond motifs is 1. The van der Waals surface area contributed by atoms with Crippen molar-refractivity contribution in [3.8, 4) is 17.2 Å². The van der Waals surface area contributed by atoms with Crippen LogP contribution in [0.2, 0.25) is 0 Å². The van der Waals surface area contributed by atoms with Crippen molar-refractivity contribution in [2.75, 3.05) is 39.6 Å². The van der Waals surface area contributed by atoms with E-state index in [9.17, 15) is 4.79 Å². The summed E-state index contributed by atoms with van der Waals surface area (Å²) in [6.45, 7) is 9.53. The average Bonchev–Trinajstić information content (AvgIpc) is 3.35. The molecule has 0 bridgehead atoms. The molecule has 166 valence electrons. The van der Waals surface area contributed by atoms with E-state index < -0.39 is 0 Å². The minimum Gasteiger partial charge on any atom is -0.492 e. The summed E-state index contributed by atoms with van der Waals surface area (Å²) in [4.78, 5) is 14.7. The van der Waals surface area contributed by atoms with E-state index in [1.807, 2.05) is 30.3 Å². The summed E-state index contributed by atoms with van der Waals surface area (Å²) in [5, 5.41) is 2.99. The molecule has 2 unspecified atom stereocenters. The Kier molecular flexibility index (Phi) is 6.97. The second-order valence-electron chi connectivity index (χ2n) is 8.67. The zero-order chi connectivity index (χ0) is 21.6. The summed E-state index contributed by atoms with van der Waals surface area (Å²) in [6, 6.07) is 13.8. The van der Waals surface area contributed by atoms with E-state index in [1.54, 1.807) is 0 Å². The van der Waals surface area contributed by atoms with Gasteiger partial charge in [0.15, 0.2) is 11.5 Å². The molecule has 1 saturated heterocycles. The van der Waals surface area contributed by atoms with Gasteiger partial charge in [-0.3, -0.25) is 9.69 Å². The highest BCUT2D eigenvalue weighted by Crippen LogP contribution is 2.32. The number of benzene rings is 2. The van der Waals surface area contributed by atoms with Crippen molar-refractivity contribution in [2.24, 2.45) is 11.8 Å². The van der Waals surface area contributed by atoms with Gasteiger partial charge in [-0.1, -0.05) is 32.0 Å². The normalized spacial score (nSPS) is 20.1. The lowest BCUT2D eigenvalue weighted by atomic mass is 10.0. The number of carbonyl (C=O) groups is 1. The number of amides is 1. The third kappa shape index (κ3) is 5.91. The van der Waals surface area contributed by atoms with Crippen LogP contribution in [0.1, 0.15) is 25.0 Å². The van der Waals surface area contributed by atoms with E-state index in [2.05, 4.69) is 36.2 Å². The molecule has 2 aromatic carbocycles. The molecule has 4 rings (SSSR count). The lowest BCUT2D eigenvalue weighted by molar-refractivity contribution is -0.120. The van der Waals surface area contributed by atoms with Crippen molar-refractivity contribution < 1.29 is 19.0 Å². The molecule has 0 spiro atoms. The Morgan fingerprint density at radius 3 is 2.52 bits per heavy atom. The number of nitrogens with one attached hydrogen (secondary N) is 1. The first-order valence-corrected chi connectivity index (χ1v) is 11.2. The van der Waals surface area contributed by atoms with Crippen LogP contribution in [0, 0.1) is 11.8 Å². The van der Waals surface area contributed by atoms with Crippen molar-refractivity contribution in [3.63, 3.8) is 0 Å². The molecule has 0 aliphatic carbocycles. The van der Waals surface area contributed by atoms with Crippen LogP contribution in [0.15, 0.2) is 42.5 Å². The standard InChI is InChI=1S/C25H32N2O4/c1-18-15-27(16-19(18)2)11-12-29-22-6-3-20(4-7-22)9-10-26-25(28)14-21-5-8-23-24(13-21)31-17-30-23/h3-8,13,18-19H,9-12,14-17H2,1-2H3,(H,26,28). The van der Waals surface area contributed by atoms with Crippen LogP contribution in [0.5, 0.6) is 17.2 Å². The molecule has 31 heavy (non-hydrogen) atoms. The van der Waals surface area contributed by atoms with Gasteiger partial charge < -0.3 is 19.5 Å². The molecule has 1 N–H and O–H groups in total. The fourth-order valence-corrected chi connectivity index (χ4v) is 4.12. The van der Waals surface area contributed by atoms with Crippen LogP contribution in [0.25, 0.3) is 0 Å². The fourth-order valence-electron chi connectivity index (χ4n) is 4.12. The molecule has 0 aromatic heterocycles. The Balaban J connectivity index is 1.14. The minimum atomic E-state index is 0.00404. The van der Waals surface area contributed by atoms with Gasteiger partial charge in [0, 0.05) is 26.2 Å². The predicted octanol–water partition coefficient (Wildman–Crippen LogP) is 3.28. The first-order chi connectivity index (χ1) is 15.1. The molecule has 2 aliphatic heterocycles. The molecule has 6 nitrogen and oxygen atoms in total. The maximum absolute atomic E-state index is 12.2. The SMILES string of the molecule is CC1CN(CCOc2ccc(CCNC(=O)Cc3ccc4c(c3)OCO4)cc2)CC1C. The van der Waals surface area contributed by atoms with Crippen LogP contribution in [-0.4, -0.2) is 50.4 Å². The number of hydrogen-bond donors (Lipinski definition) is 1. The largest absolute Gasteiger partial charge is 0.492 e. The highest BCUT2D eigenvalue weighted by molar-refractivity contribution is 5.78. The molecule has 2 aromatic rings. The molecule has 0 saturated carbocycles. The third-order valence-corrected chi connectivity index (χ3v) is 6.20. The van der Waals surface area contributed by atoms with E-state index in [0.29, 0.717) is 25.3 Å². The highest BCUT2D eigenvalue weighted by Gasteiger charge is 2.25.